The second kappa shape index (κ2) is 2.84. The van der Waals surface area contributed by atoms with Crippen LogP contribution in [0.4, 0.5) is 0 Å². The van der Waals surface area contributed by atoms with E-state index in [-0.39, 0.29) is 16.5 Å². The molecule has 0 amide bonds. The number of carbonyl (C=O) groups excluding carboxylic acids is 1. The molecule has 0 aliphatic carbocycles. The van der Waals surface area contributed by atoms with Crippen molar-refractivity contribution in [3.8, 4) is 0 Å². The Balaban J connectivity index is 3.45. The van der Waals surface area contributed by atoms with Crippen molar-refractivity contribution in [1.29, 1.82) is 0 Å². The van der Waals surface area contributed by atoms with Gasteiger partial charge in [-0.1, -0.05) is 11.6 Å². The molecule has 0 aromatic carbocycles. The van der Waals surface area contributed by atoms with Crippen LogP contribution in [-0.2, 0) is 0 Å². The van der Waals surface area contributed by atoms with Gasteiger partial charge in [0.25, 0.3) is 5.56 Å². The Hall–Kier alpha value is -1.16. The van der Waals surface area contributed by atoms with Gasteiger partial charge in [0.15, 0.2) is 5.78 Å². The van der Waals surface area contributed by atoms with Gasteiger partial charge in [-0.05, 0) is 6.92 Å². The number of nitrogens with zero attached hydrogens (tertiary/aromatic N) is 1. The number of aromatic amines is 1. The molecule has 11 heavy (non-hydrogen) atoms. The van der Waals surface area contributed by atoms with Crippen molar-refractivity contribution in [2.75, 3.05) is 0 Å². The minimum Gasteiger partial charge on any atom is -0.312 e. The summed E-state index contributed by atoms with van der Waals surface area (Å²) in [6.07, 6.45) is 1.15. The largest absolute Gasteiger partial charge is 0.312 e. The van der Waals surface area contributed by atoms with Gasteiger partial charge in [-0.15, -0.1) is 0 Å². The monoisotopic (exact) mass is 172 g/mol. The maximum absolute atomic E-state index is 10.9. The highest BCUT2D eigenvalue weighted by atomic mass is 35.5. The normalized spacial score (nSPS) is 9.64. The zero-order valence-corrected chi connectivity index (χ0v) is 6.47. The van der Waals surface area contributed by atoms with Crippen LogP contribution in [0.25, 0.3) is 0 Å². The van der Waals surface area contributed by atoms with E-state index < -0.39 is 5.56 Å². The van der Waals surface area contributed by atoms with Crippen LogP contribution in [0.3, 0.4) is 0 Å². The highest BCUT2D eigenvalue weighted by Crippen LogP contribution is 2.05. The van der Waals surface area contributed by atoms with Crippen molar-refractivity contribution in [2.24, 2.45) is 0 Å². The summed E-state index contributed by atoms with van der Waals surface area (Å²) < 4.78 is 0. The molecule has 1 heterocycles. The number of aromatic nitrogens is 2. The molecule has 0 saturated heterocycles. The van der Waals surface area contributed by atoms with E-state index in [1.165, 1.54) is 6.92 Å². The van der Waals surface area contributed by atoms with E-state index in [0.717, 1.165) is 6.33 Å². The molecule has 58 valence electrons. The fourth-order valence-corrected chi connectivity index (χ4v) is 0.951. The SMILES string of the molecule is CC(=O)c1c(Cl)nc[nH]c1=O. The van der Waals surface area contributed by atoms with Crippen LogP contribution >= 0.6 is 11.6 Å². The van der Waals surface area contributed by atoms with Crippen LogP contribution in [0.5, 0.6) is 0 Å². The van der Waals surface area contributed by atoms with E-state index in [0.29, 0.717) is 0 Å². The fraction of sp³-hybridized carbons (Fsp3) is 0.167. The third kappa shape index (κ3) is 1.46. The van der Waals surface area contributed by atoms with Gasteiger partial charge in [-0.2, -0.15) is 0 Å². The van der Waals surface area contributed by atoms with Crippen molar-refractivity contribution in [3.63, 3.8) is 0 Å². The predicted molar refractivity (Wildman–Crippen MR) is 39.9 cm³/mol. The van der Waals surface area contributed by atoms with E-state index in [1.54, 1.807) is 0 Å². The van der Waals surface area contributed by atoms with Gasteiger partial charge in [0, 0.05) is 0 Å². The van der Waals surface area contributed by atoms with Gasteiger partial charge >= 0.3 is 0 Å². The molecular weight excluding hydrogens is 168 g/mol. The summed E-state index contributed by atoms with van der Waals surface area (Å²) in [7, 11) is 0. The highest BCUT2D eigenvalue weighted by Gasteiger charge is 2.10. The molecule has 5 heteroatoms. The van der Waals surface area contributed by atoms with E-state index in [2.05, 4.69) is 9.97 Å². The van der Waals surface area contributed by atoms with Gasteiger partial charge in [-0.25, -0.2) is 4.98 Å². The van der Waals surface area contributed by atoms with Crippen molar-refractivity contribution in [3.05, 3.63) is 27.4 Å². The number of halogens is 1. The molecule has 1 aromatic rings. The molecular formula is C6H5ClN2O2. The molecule has 0 aliphatic rings. The van der Waals surface area contributed by atoms with Gasteiger partial charge in [0.1, 0.15) is 10.7 Å². The van der Waals surface area contributed by atoms with Crippen molar-refractivity contribution in [2.45, 2.75) is 6.92 Å². The number of hydrogen-bond acceptors (Lipinski definition) is 3. The maximum Gasteiger partial charge on any atom is 0.263 e. The summed E-state index contributed by atoms with van der Waals surface area (Å²) in [5.41, 5.74) is -0.591. The zero-order valence-electron chi connectivity index (χ0n) is 5.72. The topological polar surface area (TPSA) is 62.8 Å². The quantitative estimate of drug-likeness (QED) is 0.499. The lowest BCUT2D eigenvalue weighted by molar-refractivity contribution is 0.101. The Kier molecular flexibility index (Phi) is 2.05. The van der Waals surface area contributed by atoms with Gasteiger partial charge in [0.05, 0.1) is 6.33 Å². The Labute approximate surface area is 67.2 Å². The Morgan fingerprint density at radius 3 is 2.73 bits per heavy atom. The number of hydrogen-bond donors (Lipinski definition) is 1. The van der Waals surface area contributed by atoms with Crippen molar-refractivity contribution >= 4 is 17.4 Å². The first-order valence-corrected chi connectivity index (χ1v) is 3.25. The minimum atomic E-state index is -0.502. The van der Waals surface area contributed by atoms with Crippen molar-refractivity contribution < 1.29 is 4.79 Å². The first kappa shape index (κ1) is 7.94. The lowest BCUT2D eigenvalue weighted by Gasteiger charge is -1.93. The van der Waals surface area contributed by atoms with Crippen LogP contribution in [-0.4, -0.2) is 15.8 Å². The van der Waals surface area contributed by atoms with Gasteiger partial charge in [-0.3, -0.25) is 9.59 Å². The fourth-order valence-electron chi connectivity index (χ4n) is 0.683. The number of rotatable bonds is 1. The summed E-state index contributed by atoms with van der Waals surface area (Å²) in [6.45, 7) is 1.26. The lowest BCUT2D eigenvalue weighted by atomic mass is 10.2. The summed E-state index contributed by atoms with van der Waals surface area (Å²) >= 11 is 5.47. The molecule has 0 atom stereocenters. The van der Waals surface area contributed by atoms with Crippen LogP contribution in [0.1, 0.15) is 17.3 Å². The third-order valence-electron chi connectivity index (χ3n) is 1.16. The van der Waals surface area contributed by atoms with E-state index in [4.69, 9.17) is 11.6 Å². The molecule has 0 saturated carbocycles. The molecule has 1 N–H and O–H groups in total. The van der Waals surface area contributed by atoms with Crippen LogP contribution in [0, 0.1) is 0 Å². The number of H-pyrrole nitrogens is 1. The van der Waals surface area contributed by atoms with Crippen LogP contribution in [0.15, 0.2) is 11.1 Å². The average molecular weight is 173 g/mol. The zero-order chi connectivity index (χ0) is 8.43. The smallest absolute Gasteiger partial charge is 0.263 e. The van der Waals surface area contributed by atoms with E-state index in [9.17, 15) is 9.59 Å². The van der Waals surface area contributed by atoms with Gasteiger partial charge < -0.3 is 4.98 Å². The van der Waals surface area contributed by atoms with Crippen LogP contribution in [0.2, 0.25) is 5.15 Å². The second-order valence-corrected chi connectivity index (χ2v) is 2.31. The summed E-state index contributed by atoms with van der Waals surface area (Å²) in [5.74, 6) is -0.385. The summed E-state index contributed by atoms with van der Waals surface area (Å²) in [6, 6.07) is 0. The standard InChI is InChI=1S/C6H5ClN2O2/c1-3(10)4-5(7)8-2-9-6(4)11/h2H,1H3,(H,8,9,11). The highest BCUT2D eigenvalue weighted by molar-refractivity contribution is 6.32. The molecule has 0 bridgehead atoms. The lowest BCUT2D eigenvalue weighted by Crippen LogP contribution is -2.16. The molecule has 1 rings (SSSR count). The Morgan fingerprint density at radius 1 is 1.73 bits per heavy atom. The first-order valence-electron chi connectivity index (χ1n) is 2.87. The predicted octanol–water partition coefficient (Wildman–Crippen LogP) is 0.626. The molecule has 0 spiro atoms. The molecule has 0 fully saturated rings. The summed E-state index contributed by atoms with van der Waals surface area (Å²) in [4.78, 5) is 27.4. The van der Waals surface area contributed by atoms with Crippen molar-refractivity contribution in [1.82, 2.24) is 9.97 Å². The molecule has 0 aliphatic heterocycles. The number of Topliss-reactive ketones (excluding diaryl/α,β-unsaturated/α-hetero) is 1. The number of ketones is 1. The molecule has 0 unspecified atom stereocenters. The molecule has 0 radical (unpaired) electrons. The minimum absolute atomic E-state index is 0.0544. The second-order valence-electron chi connectivity index (χ2n) is 1.95. The maximum atomic E-state index is 10.9. The third-order valence-corrected chi connectivity index (χ3v) is 1.45. The number of nitrogens with one attached hydrogen (secondary N) is 1. The van der Waals surface area contributed by atoms with E-state index >= 15 is 0 Å². The first-order chi connectivity index (χ1) is 5.13. The Morgan fingerprint density at radius 2 is 2.36 bits per heavy atom. The Bertz CT molecular complexity index is 345. The van der Waals surface area contributed by atoms with E-state index in [1.807, 2.05) is 0 Å². The van der Waals surface area contributed by atoms with Gasteiger partial charge in [0.2, 0.25) is 0 Å². The summed E-state index contributed by atoms with van der Waals surface area (Å²) in [5, 5.41) is -0.0544. The molecule has 4 nitrogen and oxygen atoms in total. The van der Waals surface area contributed by atoms with Crippen LogP contribution < -0.4 is 5.56 Å². The average Bonchev–Trinajstić information content (AvgIpc) is 1.85. The number of carbonyl (C=O) groups is 1. The molecule has 1 aromatic heterocycles.